The van der Waals surface area contributed by atoms with E-state index >= 15 is 0 Å². The first-order valence-corrected chi connectivity index (χ1v) is 5.10. The Morgan fingerprint density at radius 3 is 2.88 bits per heavy atom. The standard InChI is InChI=1S/C10H12N2O5/c1-16-6-4-9(17-7(6)5-13)12-3-2-8(14)11-10(12)15/h2-3,5-7,9H,4H2,1H3,(H,11,14,15)/t6-,7?,9?/m0/s1. The molecule has 0 saturated carbocycles. The summed E-state index contributed by atoms with van der Waals surface area (Å²) in [5.74, 6) is 0. The maximum absolute atomic E-state index is 11.5. The summed E-state index contributed by atoms with van der Waals surface area (Å²) in [6.07, 6.45) is 0.697. The maximum atomic E-state index is 11.5. The highest BCUT2D eigenvalue weighted by Crippen LogP contribution is 2.28. The molecule has 1 aliphatic heterocycles. The van der Waals surface area contributed by atoms with Gasteiger partial charge in [0.1, 0.15) is 12.3 Å². The first-order chi connectivity index (χ1) is 8.15. The minimum Gasteiger partial charge on any atom is -0.378 e. The van der Waals surface area contributed by atoms with E-state index < -0.39 is 23.6 Å². The number of nitrogens with one attached hydrogen (secondary N) is 1. The number of carbonyl (C=O) groups is 1. The molecular weight excluding hydrogens is 228 g/mol. The fourth-order valence-electron chi connectivity index (χ4n) is 1.84. The van der Waals surface area contributed by atoms with Gasteiger partial charge >= 0.3 is 5.69 Å². The van der Waals surface area contributed by atoms with Crippen molar-refractivity contribution in [1.29, 1.82) is 0 Å². The Labute approximate surface area is 96.0 Å². The van der Waals surface area contributed by atoms with Crippen LogP contribution in [-0.2, 0) is 14.3 Å². The predicted octanol–water partition coefficient (Wildman–Crippen LogP) is -0.962. The van der Waals surface area contributed by atoms with Crippen LogP contribution in [0.5, 0.6) is 0 Å². The molecule has 2 rings (SSSR count). The summed E-state index contributed by atoms with van der Waals surface area (Å²) in [6, 6.07) is 1.22. The number of carbonyl (C=O) groups excluding carboxylic acids is 1. The average molecular weight is 240 g/mol. The molecule has 1 aliphatic rings. The van der Waals surface area contributed by atoms with Crippen molar-refractivity contribution in [3.63, 3.8) is 0 Å². The van der Waals surface area contributed by atoms with Crippen LogP contribution >= 0.6 is 0 Å². The molecule has 2 unspecified atom stereocenters. The summed E-state index contributed by atoms with van der Waals surface area (Å²) < 4.78 is 11.7. The zero-order valence-electron chi connectivity index (χ0n) is 9.16. The lowest BCUT2D eigenvalue weighted by atomic mass is 10.2. The summed E-state index contributed by atoms with van der Waals surface area (Å²) in [7, 11) is 1.47. The van der Waals surface area contributed by atoms with Gasteiger partial charge in [0.2, 0.25) is 0 Å². The molecule has 7 heteroatoms. The molecule has 0 bridgehead atoms. The van der Waals surface area contributed by atoms with Crippen LogP contribution < -0.4 is 11.2 Å². The van der Waals surface area contributed by atoms with Crippen LogP contribution in [0.2, 0.25) is 0 Å². The minimum atomic E-state index is -0.691. The fourth-order valence-corrected chi connectivity index (χ4v) is 1.84. The van der Waals surface area contributed by atoms with Crippen LogP contribution in [0.4, 0.5) is 0 Å². The lowest BCUT2D eigenvalue weighted by molar-refractivity contribution is -0.123. The first-order valence-electron chi connectivity index (χ1n) is 5.10. The number of H-pyrrole nitrogens is 1. The van der Waals surface area contributed by atoms with Gasteiger partial charge in [-0.3, -0.25) is 14.3 Å². The van der Waals surface area contributed by atoms with Crippen molar-refractivity contribution >= 4 is 6.29 Å². The van der Waals surface area contributed by atoms with Crippen molar-refractivity contribution in [2.24, 2.45) is 0 Å². The van der Waals surface area contributed by atoms with E-state index in [1.165, 1.54) is 23.9 Å². The SMILES string of the molecule is CO[C@H]1CC(n2ccc(=O)[nH]c2=O)OC1C=O. The summed E-state index contributed by atoms with van der Waals surface area (Å²) in [6.45, 7) is 0. The van der Waals surface area contributed by atoms with Gasteiger partial charge in [-0.2, -0.15) is 0 Å². The van der Waals surface area contributed by atoms with Crippen molar-refractivity contribution in [2.75, 3.05) is 7.11 Å². The number of ether oxygens (including phenoxy) is 2. The Morgan fingerprint density at radius 1 is 1.59 bits per heavy atom. The third-order valence-electron chi connectivity index (χ3n) is 2.71. The van der Waals surface area contributed by atoms with Crippen molar-refractivity contribution in [1.82, 2.24) is 9.55 Å². The quantitative estimate of drug-likeness (QED) is 0.687. The number of aromatic amines is 1. The molecule has 0 radical (unpaired) electrons. The predicted molar refractivity (Wildman–Crippen MR) is 56.7 cm³/mol. The van der Waals surface area contributed by atoms with Crippen molar-refractivity contribution in [3.05, 3.63) is 33.1 Å². The molecule has 17 heavy (non-hydrogen) atoms. The van der Waals surface area contributed by atoms with Gasteiger partial charge in [0.15, 0.2) is 6.29 Å². The third-order valence-corrected chi connectivity index (χ3v) is 2.71. The first kappa shape index (κ1) is 11.7. The third kappa shape index (κ3) is 2.20. The zero-order chi connectivity index (χ0) is 12.4. The number of aromatic nitrogens is 2. The van der Waals surface area contributed by atoms with E-state index in [1.54, 1.807) is 0 Å². The number of hydrogen-bond acceptors (Lipinski definition) is 5. The van der Waals surface area contributed by atoms with E-state index in [0.717, 1.165) is 0 Å². The lowest BCUT2D eigenvalue weighted by Gasteiger charge is -2.12. The van der Waals surface area contributed by atoms with Crippen LogP contribution in [0.25, 0.3) is 0 Å². The van der Waals surface area contributed by atoms with Crippen LogP contribution in [0.15, 0.2) is 21.9 Å². The van der Waals surface area contributed by atoms with E-state index in [9.17, 15) is 14.4 Å². The molecule has 3 atom stereocenters. The van der Waals surface area contributed by atoms with Crippen LogP contribution in [-0.4, -0.2) is 35.2 Å². The normalized spacial score (nSPS) is 28.2. The summed E-state index contributed by atoms with van der Waals surface area (Å²) >= 11 is 0. The average Bonchev–Trinajstić information content (AvgIpc) is 2.72. The van der Waals surface area contributed by atoms with Crippen LogP contribution in [0.3, 0.4) is 0 Å². The molecule has 7 nitrogen and oxygen atoms in total. The van der Waals surface area contributed by atoms with Gasteiger partial charge in [-0.15, -0.1) is 0 Å². The second-order valence-electron chi connectivity index (χ2n) is 3.72. The van der Waals surface area contributed by atoms with Gasteiger partial charge < -0.3 is 14.3 Å². The lowest BCUT2D eigenvalue weighted by Crippen LogP contribution is -2.31. The fraction of sp³-hybridized carbons (Fsp3) is 0.500. The number of nitrogens with zero attached hydrogens (tertiary/aromatic N) is 1. The Hall–Kier alpha value is -1.73. The summed E-state index contributed by atoms with van der Waals surface area (Å²) in [4.78, 5) is 35.3. The molecular formula is C10H12N2O5. The molecule has 2 heterocycles. The summed E-state index contributed by atoms with van der Waals surface area (Å²) in [5.41, 5.74) is -1.04. The number of aldehydes is 1. The van der Waals surface area contributed by atoms with E-state index in [4.69, 9.17) is 9.47 Å². The Balaban J connectivity index is 2.28. The largest absolute Gasteiger partial charge is 0.378 e. The molecule has 0 spiro atoms. The topological polar surface area (TPSA) is 90.4 Å². The van der Waals surface area contributed by atoms with Gasteiger partial charge in [0.25, 0.3) is 5.56 Å². The maximum Gasteiger partial charge on any atom is 0.330 e. The number of methoxy groups -OCH3 is 1. The Kier molecular flexibility index (Phi) is 3.21. The molecule has 0 aromatic carbocycles. The number of rotatable bonds is 3. The Morgan fingerprint density at radius 2 is 2.35 bits per heavy atom. The molecule has 0 amide bonds. The highest BCUT2D eigenvalue weighted by Gasteiger charge is 2.36. The Bertz CT molecular complexity index is 520. The minimum absolute atomic E-state index is 0.378. The van der Waals surface area contributed by atoms with Crippen molar-refractivity contribution < 1.29 is 14.3 Å². The second kappa shape index (κ2) is 4.64. The zero-order valence-corrected chi connectivity index (χ0v) is 9.16. The second-order valence-corrected chi connectivity index (χ2v) is 3.72. The van der Waals surface area contributed by atoms with E-state index in [1.807, 2.05) is 0 Å². The molecule has 1 aromatic heterocycles. The van der Waals surface area contributed by atoms with Gasteiger partial charge in [-0.25, -0.2) is 4.79 Å². The van der Waals surface area contributed by atoms with Crippen LogP contribution in [0, 0.1) is 0 Å². The van der Waals surface area contributed by atoms with Gasteiger partial charge in [-0.05, 0) is 0 Å². The molecule has 1 aromatic rings. The van der Waals surface area contributed by atoms with Crippen molar-refractivity contribution in [3.8, 4) is 0 Å². The van der Waals surface area contributed by atoms with Gasteiger partial charge in [0, 0.05) is 25.8 Å². The van der Waals surface area contributed by atoms with E-state index in [-0.39, 0.29) is 6.10 Å². The monoisotopic (exact) mass is 240 g/mol. The molecule has 1 saturated heterocycles. The number of hydrogen-bond donors (Lipinski definition) is 1. The van der Waals surface area contributed by atoms with Crippen LogP contribution in [0.1, 0.15) is 12.6 Å². The highest BCUT2D eigenvalue weighted by molar-refractivity contribution is 5.57. The molecule has 0 aliphatic carbocycles. The van der Waals surface area contributed by atoms with Gasteiger partial charge in [0.05, 0.1) is 6.10 Å². The highest BCUT2D eigenvalue weighted by atomic mass is 16.6. The summed E-state index contributed by atoms with van der Waals surface area (Å²) in [5, 5.41) is 0. The van der Waals surface area contributed by atoms with Gasteiger partial charge in [-0.1, -0.05) is 0 Å². The van der Waals surface area contributed by atoms with E-state index in [0.29, 0.717) is 12.7 Å². The van der Waals surface area contributed by atoms with Crippen molar-refractivity contribution in [2.45, 2.75) is 24.9 Å². The molecule has 1 fully saturated rings. The van der Waals surface area contributed by atoms with E-state index in [2.05, 4.69) is 4.98 Å². The molecule has 1 N–H and O–H groups in total. The smallest absolute Gasteiger partial charge is 0.330 e. The molecule has 92 valence electrons.